The molecule has 0 saturated carbocycles. The molecule has 80 valence electrons. The fraction of sp³-hybridized carbons (Fsp3) is 1.00. The van der Waals surface area contributed by atoms with Crippen molar-refractivity contribution < 1.29 is 0 Å². The maximum Gasteiger partial charge on any atom is 0.0101 e. The molecular weight excluding hydrogens is 180 g/mol. The number of rotatable bonds is 6. The lowest BCUT2D eigenvalue weighted by Crippen LogP contribution is -2.28. The summed E-state index contributed by atoms with van der Waals surface area (Å²) in [6, 6.07) is 0. The van der Waals surface area contributed by atoms with Gasteiger partial charge >= 0.3 is 0 Å². The molecule has 0 saturated heterocycles. The molecule has 0 amide bonds. The van der Waals surface area contributed by atoms with Gasteiger partial charge in [0.15, 0.2) is 0 Å². The average Bonchev–Trinajstić information content (AvgIpc) is 1.93. The summed E-state index contributed by atoms with van der Waals surface area (Å²) in [4.78, 5) is 2.20. The molecule has 0 radical (unpaired) electrons. The molecule has 0 aromatic carbocycles. The molecule has 0 aromatic rings. The fourth-order valence-electron chi connectivity index (χ4n) is 0.857. The summed E-state index contributed by atoms with van der Waals surface area (Å²) in [5.74, 6) is 1.21. The van der Waals surface area contributed by atoms with E-state index in [-0.39, 0.29) is 0 Å². The Hall–Kier alpha value is 0.270. The third-order valence-electron chi connectivity index (χ3n) is 1.55. The molecule has 0 spiro atoms. The standard InChI is InChI=1S/C10H24N2S/c1-10(2,3)13-9-7-11-6-8-12(4)5/h11H,6-9H2,1-5H3. The molecule has 0 aliphatic carbocycles. The minimum atomic E-state index is 0.406. The van der Waals surface area contributed by atoms with Gasteiger partial charge in [0.05, 0.1) is 0 Å². The monoisotopic (exact) mass is 204 g/mol. The van der Waals surface area contributed by atoms with E-state index >= 15 is 0 Å². The van der Waals surface area contributed by atoms with Crippen LogP contribution in [0.25, 0.3) is 0 Å². The van der Waals surface area contributed by atoms with Crippen LogP contribution in [0.5, 0.6) is 0 Å². The summed E-state index contributed by atoms with van der Waals surface area (Å²) in [6.07, 6.45) is 0. The smallest absolute Gasteiger partial charge is 0.0101 e. The highest BCUT2D eigenvalue weighted by atomic mass is 32.2. The van der Waals surface area contributed by atoms with Gasteiger partial charge in [-0.15, -0.1) is 0 Å². The highest BCUT2D eigenvalue weighted by molar-refractivity contribution is 8.00. The van der Waals surface area contributed by atoms with E-state index in [2.05, 4.69) is 45.1 Å². The highest BCUT2D eigenvalue weighted by Crippen LogP contribution is 2.21. The van der Waals surface area contributed by atoms with Crippen molar-refractivity contribution >= 4 is 11.8 Å². The van der Waals surface area contributed by atoms with Crippen molar-refractivity contribution in [2.24, 2.45) is 0 Å². The lowest BCUT2D eigenvalue weighted by atomic mass is 10.3. The van der Waals surface area contributed by atoms with E-state index in [0.717, 1.165) is 19.6 Å². The van der Waals surface area contributed by atoms with Crippen LogP contribution < -0.4 is 5.32 Å². The first kappa shape index (κ1) is 13.3. The second kappa shape index (κ2) is 6.68. The van der Waals surface area contributed by atoms with Gasteiger partial charge in [0.1, 0.15) is 0 Å². The zero-order valence-electron chi connectivity index (χ0n) is 9.68. The predicted molar refractivity (Wildman–Crippen MR) is 63.6 cm³/mol. The molecule has 0 aliphatic rings. The Kier molecular flexibility index (Phi) is 6.82. The van der Waals surface area contributed by atoms with Gasteiger partial charge in [-0.1, -0.05) is 20.8 Å². The Morgan fingerprint density at radius 1 is 1.15 bits per heavy atom. The van der Waals surface area contributed by atoms with E-state index in [0.29, 0.717) is 4.75 Å². The van der Waals surface area contributed by atoms with E-state index in [1.54, 1.807) is 0 Å². The van der Waals surface area contributed by atoms with E-state index in [1.807, 2.05) is 11.8 Å². The van der Waals surface area contributed by atoms with Crippen LogP contribution >= 0.6 is 11.8 Å². The molecule has 0 bridgehead atoms. The topological polar surface area (TPSA) is 15.3 Å². The van der Waals surface area contributed by atoms with Crippen LogP contribution in [0.15, 0.2) is 0 Å². The Morgan fingerprint density at radius 2 is 1.77 bits per heavy atom. The van der Waals surface area contributed by atoms with Gasteiger partial charge < -0.3 is 10.2 Å². The molecule has 3 heteroatoms. The van der Waals surface area contributed by atoms with Gasteiger partial charge in [0.2, 0.25) is 0 Å². The van der Waals surface area contributed by atoms with Crippen LogP contribution in [0.3, 0.4) is 0 Å². The predicted octanol–water partition coefficient (Wildman–Crippen LogP) is 1.67. The van der Waals surface area contributed by atoms with Gasteiger partial charge in [0, 0.05) is 30.1 Å². The van der Waals surface area contributed by atoms with Crippen LogP contribution in [0, 0.1) is 0 Å². The number of hydrogen-bond acceptors (Lipinski definition) is 3. The number of hydrogen-bond donors (Lipinski definition) is 1. The van der Waals surface area contributed by atoms with Crippen LogP contribution in [0.4, 0.5) is 0 Å². The number of nitrogens with zero attached hydrogens (tertiary/aromatic N) is 1. The summed E-state index contributed by atoms with van der Waals surface area (Å²) in [6.45, 7) is 10.1. The van der Waals surface area contributed by atoms with Crippen molar-refractivity contribution in [1.29, 1.82) is 0 Å². The fourth-order valence-corrected chi connectivity index (χ4v) is 1.72. The summed E-state index contributed by atoms with van der Waals surface area (Å²) < 4.78 is 0.406. The summed E-state index contributed by atoms with van der Waals surface area (Å²) >= 11 is 2.02. The lowest BCUT2D eigenvalue weighted by molar-refractivity contribution is 0.403. The van der Waals surface area contributed by atoms with E-state index in [4.69, 9.17) is 0 Å². The van der Waals surface area contributed by atoms with Gasteiger partial charge in [-0.2, -0.15) is 11.8 Å². The van der Waals surface area contributed by atoms with Crippen LogP contribution in [0.2, 0.25) is 0 Å². The Balaban J connectivity index is 3.09. The zero-order valence-corrected chi connectivity index (χ0v) is 10.5. The van der Waals surface area contributed by atoms with Gasteiger partial charge in [0.25, 0.3) is 0 Å². The number of nitrogens with one attached hydrogen (secondary N) is 1. The maximum atomic E-state index is 3.43. The molecule has 0 aromatic heterocycles. The molecule has 0 fully saturated rings. The van der Waals surface area contributed by atoms with Crippen molar-refractivity contribution in [3.05, 3.63) is 0 Å². The molecule has 2 nitrogen and oxygen atoms in total. The molecule has 0 rings (SSSR count). The van der Waals surface area contributed by atoms with Crippen molar-refractivity contribution in [3.63, 3.8) is 0 Å². The average molecular weight is 204 g/mol. The van der Waals surface area contributed by atoms with Gasteiger partial charge in [-0.25, -0.2) is 0 Å². The van der Waals surface area contributed by atoms with Crippen molar-refractivity contribution in [3.8, 4) is 0 Å². The summed E-state index contributed by atoms with van der Waals surface area (Å²) in [5.41, 5.74) is 0. The first-order valence-electron chi connectivity index (χ1n) is 4.91. The molecule has 0 atom stereocenters. The van der Waals surface area contributed by atoms with Crippen molar-refractivity contribution in [2.45, 2.75) is 25.5 Å². The lowest BCUT2D eigenvalue weighted by Gasteiger charge is -2.17. The second-order valence-corrected chi connectivity index (χ2v) is 6.44. The number of likely N-dealkylation sites (N-methyl/N-ethyl adjacent to an activating group) is 1. The third kappa shape index (κ3) is 12.3. The second-order valence-electron chi connectivity index (χ2n) is 4.51. The third-order valence-corrected chi connectivity index (χ3v) is 2.82. The molecule has 0 heterocycles. The largest absolute Gasteiger partial charge is 0.315 e. The molecule has 0 aliphatic heterocycles. The first-order chi connectivity index (χ1) is 5.92. The Labute approximate surface area is 87.5 Å². The Morgan fingerprint density at radius 3 is 2.23 bits per heavy atom. The van der Waals surface area contributed by atoms with Crippen LogP contribution in [0.1, 0.15) is 20.8 Å². The van der Waals surface area contributed by atoms with Gasteiger partial charge in [-0.3, -0.25) is 0 Å². The normalized spacial score (nSPS) is 12.5. The zero-order chi connectivity index (χ0) is 10.3. The molecule has 0 unspecified atom stereocenters. The van der Waals surface area contributed by atoms with E-state index < -0.39 is 0 Å². The quantitative estimate of drug-likeness (QED) is 0.663. The first-order valence-corrected chi connectivity index (χ1v) is 5.90. The van der Waals surface area contributed by atoms with E-state index in [1.165, 1.54) is 5.75 Å². The summed E-state index contributed by atoms with van der Waals surface area (Å²) in [7, 11) is 4.21. The number of thioether (sulfide) groups is 1. The molecule has 13 heavy (non-hydrogen) atoms. The van der Waals surface area contributed by atoms with Gasteiger partial charge in [-0.05, 0) is 14.1 Å². The van der Waals surface area contributed by atoms with Crippen molar-refractivity contribution in [2.75, 3.05) is 39.5 Å². The molecule has 1 N–H and O–H groups in total. The Bertz CT molecular complexity index is 119. The summed E-state index contributed by atoms with van der Waals surface area (Å²) in [5, 5.41) is 3.43. The highest BCUT2D eigenvalue weighted by Gasteiger charge is 2.08. The SMILES string of the molecule is CN(C)CCNCCSC(C)(C)C. The van der Waals surface area contributed by atoms with E-state index in [9.17, 15) is 0 Å². The van der Waals surface area contributed by atoms with Crippen LogP contribution in [-0.4, -0.2) is 49.1 Å². The minimum absolute atomic E-state index is 0.406. The van der Waals surface area contributed by atoms with Crippen molar-refractivity contribution in [1.82, 2.24) is 10.2 Å². The maximum absolute atomic E-state index is 3.43. The minimum Gasteiger partial charge on any atom is -0.315 e. The van der Waals surface area contributed by atoms with Crippen LogP contribution in [-0.2, 0) is 0 Å². The molecular formula is C10H24N2S.